The Hall–Kier alpha value is -2.56. The molecule has 1 amide bonds. The van der Waals surface area contributed by atoms with E-state index in [9.17, 15) is 9.18 Å². The smallest absolute Gasteiger partial charge is 0.251 e. The maximum Gasteiger partial charge on any atom is 0.251 e. The number of carbonyl (C=O) groups excluding carboxylic acids is 1. The van der Waals surface area contributed by atoms with Crippen molar-refractivity contribution < 1.29 is 13.9 Å². The van der Waals surface area contributed by atoms with Crippen LogP contribution < -0.4 is 15.0 Å². The van der Waals surface area contributed by atoms with Crippen LogP contribution in [0.4, 0.5) is 10.1 Å². The standard InChI is InChI=1S/C20H23FN2O2/c1-14-12-15-6-3-4-7-18(15)23(14)11-5-10-22-20(24)16-8-9-19(25-2)17(21)13-16/h3-4,6-9,13-14H,5,10-12H2,1-2H3,(H,22,24)/t14-/m0/s1. The molecular weight excluding hydrogens is 319 g/mol. The van der Waals surface area contributed by atoms with Gasteiger partial charge in [-0.15, -0.1) is 0 Å². The average molecular weight is 342 g/mol. The van der Waals surface area contributed by atoms with Gasteiger partial charge in [0.05, 0.1) is 7.11 Å². The predicted molar refractivity (Wildman–Crippen MR) is 96.9 cm³/mol. The van der Waals surface area contributed by atoms with Crippen LogP contribution in [0.2, 0.25) is 0 Å². The number of para-hydroxylation sites is 1. The molecule has 2 aromatic carbocycles. The lowest BCUT2D eigenvalue weighted by Gasteiger charge is -2.24. The fourth-order valence-electron chi connectivity index (χ4n) is 3.33. The van der Waals surface area contributed by atoms with E-state index in [1.54, 1.807) is 6.07 Å². The van der Waals surface area contributed by atoms with E-state index in [1.165, 1.54) is 30.5 Å². The van der Waals surface area contributed by atoms with Gasteiger partial charge in [0, 0.05) is 30.4 Å². The second-order valence-electron chi connectivity index (χ2n) is 6.33. The van der Waals surface area contributed by atoms with E-state index in [4.69, 9.17) is 4.74 Å². The maximum absolute atomic E-state index is 13.7. The van der Waals surface area contributed by atoms with Crippen molar-refractivity contribution in [2.75, 3.05) is 25.1 Å². The number of rotatable bonds is 6. The van der Waals surface area contributed by atoms with Crippen LogP contribution in [0.1, 0.15) is 29.3 Å². The summed E-state index contributed by atoms with van der Waals surface area (Å²) in [6.07, 6.45) is 1.90. The highest BCUT2D eigenvalue weighted by atomic mass is 19.1. The predicted octanol–water partition coefficient (Wildman–Crippen LogP) is 3.41. The molecule has 0 saturated carbocycles. The Morgan fingerprint density at radius 2 is 2.12 bits per heavy atom. The summed E-state index contributed by atoms with van der Waals surface area (Å²) in [5.74, 6) is -0.660. The van der Waals surface area contributed by atoms with Crippen molar-refractivity contribution in [2.45, 2.75) is 25.8 Å². The number of carbonyl (C=O) groups is 1. The summed E-state index contributed by atoms with van der Waals surface area (Å²) in [4.78, 5) is 14.5. The molecule has 1 aliphatic heterocycles. The van der Waals surface area contributed by atoms with Gasteiger partial charge < -0.3 is 15.0 Å². The minimum absolute atomic E-state index is 0.137. The first kappa shape index (κ1) is 17.3. The molecule has 0 unspecified atom stereocenters. The molecule has 1 aliphatic rings. The normalized spacial score (nSPS) is 15.8. The van der Waals surface area contributed by atoms with Crippen molar-refractivity contribution in [3.63, 3.8) is 0 Å². The van der Waals surface area contributed by atoms with Crippen molar-refractivity contribution in [3.05, 3.63) is 59.4 Å². The van der Waals surface area contributed by atoms with Gasteiger partial charge in [-0.1, -0.05) is 18.2 Å². The zero-order valence-corrected chi connectivity index (χ0v) is 14.6. The number of halogens is 1. The molecule has 25 heavy (non-hydrogen) atoms. The van der Waals surface area contributed by atoms with Gasteiger partial charge in [0.15, 0.2) is 11.6 Å². The van der Waals surface area contributed by atoms with Gasteiger partial charge in [0.1, 0.15) is 0 Å². The monoisotopic (exact) mass is 342 g/mol. The summed E-state index contributed by atoms with van der Waals surface area (Å²) in [6.45, 7) is 3.66. The number of hydrogen-bond donors (Lipinski definition) is 1. The van der Waals surface area contributed by atoms with E-state index in [0.717, 1.165) is 19.4 Å². The molecule has 0 aliphatic carbocycles. The molecule has 0 bridgehead atoms. The van der Waals surface area contributed by atoms with Gasteiger partial charge in [0.25, 0.3) is 5.91 Å². The van der Waals surface area contributed by atoms with Crippen LogP contribution in [-0.2, 0) is 6.42 Å². The number of benzene rings is 2. The number of methoxy groups -OCH3 is 1. The topological polar surface area (TPSA) is 41.6 Å². The number of fused-ring (bicyclic) bond motifs is 1. The van der Waals surface area contributed by atoms with E-state index in [1.807, 2.05) is 0 Å². The number of amides is 1. The molecule has 0 fully saturated rings. The lowest BCUT2D eigenvalue weighted by atomic mass is 10.1. The third-order valence-electron chi connectivity index (χ3n) is 4.62. The van der Waals surface area contributed by atoms with Gasteiger partial charge in [-0.05, 0) is 49.6 Å². The van der Waals surface area contributed by atoms with Crippen LogP contribution in [0.3, 0.4) is 0 Å². The highest BCUT2D eigenvalue weighted by Crippen LogP contribution is 2.31. The summed E-state index contributed by atoms with van der Waals surface area (Å²) in [5.41, 5.74) is 2.98. The van der Waals surface area contributed by atoms with Gasteiger partial charge in [0.2, 0.25) is 0 Å². The minimum Gasteiger partial charge on any atom is -0.494 e. The lowest BCUT2D eigenvalue weighted by Crippen LogP contribution is -2.33. The van der Waals surface area contributed by atoms with Crippen molar-refractivity contribution in [1.29, 1.82) is 0 Å². The van der Waals surface area contributed by atoms with Crippen LogP contribution in [0, 0.1) is 5.82 Å². The van der Waals surface area contributed by atoms with Crippen LogP contribution >= 0.6 is 0 Å². The number of hydrogen-bond acceptors (Lipinski definition) is 3. The molecule has 4 nitrogen and oxygen atoms in total. The zero-order valence-electron chi connectivity index (χ0n) is 14.6. The van der Waals surface area contributed by atoms with Crippen molar-refractivity contribution in [1.82, 2.24) is 5.32 Å². The van der Waals surface area contributed by atoms with E-state index >= 15 is 0 Å². The highest BCUT2D eigenvalue weighted by molar-refractivity contribution is 5.94. The Kier molecular flexibility index (Phi) is 5.22. The first-order valence-electron chi connectivity index (χ1n) is 8.56. The summed E-state index contributed by atoms with van der Waals surface area (Å²) < 4.78 is 18.5. The number of nitrogens with zero attached hydrogens (tertiary/aromatic N) is 1. The largest absolute Gasteiger partial charge is 0.494 e. The maximum atomic E-state index is 13.7. The van der Waals surface area contributed by atoms with Crippen LogP contribution in [-0.4, -0.2) is 32.1 Å². The van der Waals surface area contributed by atoms with Gasteiger partial charge >= 0.3 is 0 Å². The first-order chi connectivity index (χ1) is 12.1. The Morgan fingerprint density at radius 1 is 1.32 bits per heavy atom. The van der Waals surface area contributed by atoms with E-state index in [2.05, 4.69) is 41.4 Å². The van der Waals surface area contributed by atoms with E-state index < -0.39 is 5.82 Å². The molecule has 0 saturated heterocycles. The molecule has 0 aromatic heterocycles. The molecule has 132 valence electrons. The zero-order chi connectivity index (χ0) is 17.8. The van der Waals surface area contributed by atoms with Gasteiger partial charge in [-0.25, -0.2) is 4.39 Å². The quantitative estimate of drug-likeness (QED) is 0.818. The molecule has 0 radical (unpaired) electrons. The molecule has 1 N–H and O–H groups in total. The number of ether oxygens (including phenoxy) is 1. The third kappa shape index (κ3) is 3.76. The van der Waals surface area contributed by atoms with Gasteiger partial charge in [-0.3, -0.25) is 4.79 Å². The van der Waals surface area contributed by atoms with Crippen LogP contribution in [0.25, 0.3) is 0 Å². The van der Waals surface area contributed by atoms with Crippen molar-refractivity contribution in [3.8, 4) is 5.75 Å². The summed E-state index contributed by atoms with van der Waals surface area (Å²) in [5, 5.41) is 2.85. The first-order valence-corrected chi connectivity index (χ1v) is 8.56. The summed E-state index contributed by atoms with van der Waals surface area (Å²) in [7, 11) is 1.40. The van der Waals surface area contributed by atoms with Crippen LogP contribution in [0.5, 0.6) is 5.75 Å². The van der Waals surface area contributed by atoms with Crippen LogP contribution in [0.15, 0.2) is 42.5 Å². The summed E-state index contributed by atoms with van der Waals surface area (Å²) >= 11 is 0. The Bertz CT molecular complexity index is 763. The fraction of sp³-hybridized carbons (Fsp3) is 0.350. The average Bonchev–Trinajstić information content (AvgIpc) is 2.93. The minimum atomic E-state index is -0.530. The van der Waals surface area contributed by atoms with E-state index in [-0.39, 0.29) is 11.7 Å². The summed E-state index contributed by atoms with van der Waals surface area (Å²) in [6, 6.07) is 13.2. The SMILES string of the molecule is COc1ccc(C(=O)NCCCN2c3ccccc3C[C@@H]2C)cc1F. The molecule has 2 aromatic rings. The van der Waals surface area contributed by atoms with Gasteiger partial charge in [-0.2, -0.15) is 0 Å². The second kappa shape index (κ2) is 7.55. The van der Waals surface area contributed by atoms with Crippen molar-refractivity contribution >= 4 is 11.6 Å². The van der Waals surface area contributed by atoms with Crippen molar-refractivity contribution in [2.24, 2.45) is 0 Å². The molecule has 0 spiro atoms. The molecule has 1 heterocycles. The Labute approximate surface area is 147 Å². The fourth-order valence-corrected chi connectivity index (χ4v) is 3.33. The Balaban J connectivity index is 1.50. The second-order valence-corrected chi connectivity index (χ2v) is 6.33. The Morgan fingerprint density at radius 3 is 2.88 bits per heavy atom. The lowest BCUT2D eigenvalue weighted by molar-refractivity contribution is 0.0953. The number of nitrogens with one attached hydrogen (secondary N) is 1. The molecule has 3 rings (SSSR count). The number of anilines is 1. The third-order valence-corrected chi connectivity index (χ3v) is 4.62. The van der Waals surface area contributed by atoms with E-state index in [0.29, 0.717) is 18.2 Å². The highest BCUT2D eigenvalue weighted by Gasteiger charge is 2.24. The molecular formula is C20H23FN2O2. The molecule has 1 atom stereocenters. The molecule has 5 heteroatoms.